The standard InChI is InChI=1S/C15H19N3O2S/c1-3-11-5-7-12(8-6-11)20-10-9-14-17-18-15(21-14)16-13(19)4-2/h5-8H,3-4,9-10H2,1-2H3,(H,16,18,19). The van der Waals surface area contributed by atoms with E-state index >= 15 is 0 Å². The summed E-state index contributed by atoms with van der Waals surface area (Å²) in [6.45, 7) is 4.47. The van der Waals surface area contributed by atoms with Crippen LogP contribution in [0, 0.1) is 0 Å². The molecule has 112 valence electrons. The molecule has 0 bridgehead atoms. The van der Waals surface area contributed by atoms with Gasteiger partial charge in [-0.2, -0.15) is 0 Å². The molecule has 1 aromatic carbocycles. The maximum absolute atomic E-state index is 11.2. The summed E-state index contributed by atoms with van der Waals surface area (Å²) in [5.74, 6) is 0.807. The second-order valence-corrected chi connectivity index (χ2v) is 5.56. The second kappa shape index (κ2) is 7.73. The van der Waals surface area contributed by atoms with Gasteiger partial charge in [-0.25, -0.2) is 0 Å². The molecule has 1 amide bonds. The topological polar surface area (TPSA) is 64.1 Å². The highest BCUT2D eigenvalue weighted by atomic mass is 32.1. The summed E-state index contributed by atoms with van der Waals surface area (Å²) in [7, 11) is 0. The smallest absolute Gasteiger partial charge is 0.225 e. The summed E-state index contributed by atoms with van der Waals surface area (Å²) in [6.07, 6.45) is 2.14. The highest BCUT2D eigenvalue weighted by Gasteiger charge is 2.06. The van der Waals surface area contributed by atoms with Crippen molar-refractivity contribution in [3.8, 4) is 5.75 Å². The van der Waals surface area contributed by atoms with Gasteiger partial charge in [-0.3, -0.25) is 4.79 Å². The van der Waals surface area contributed by atoms with Crippen LogP contribution in [0.15, 0.2) is 24.3 Å². The first-order valence-corrected chi connectivity index (χ1v) is 7.87. The van der Waals surface area contributed by atoms with Crippen LogP contribution in [-0.4, -0.2) is 22.7 Å². The number of nitrogens with one attached hydrogen (secondary N) is 1. The molecule has 0 radical (unpaired) electrons. The summed E-state index contributed by atoms with van der Waals surface area (Å²) in [6, 6.07) is 8.09. The zero-order valence-corrected chi connectivity index (χ0v) is 13.1. The van der Waals surface area contributed by atoms with Crippen molar-refractivity contribution in [1.29, 1.82) is 0 Å². The molecule has 21 heavy (non-hydrogen) atoms. The molecule has 0 saturated carbocycles. The van der Waals surface area contributed by atoms with Crippen LogP contribution >= 0.6 is 11.3 Å². The molecule has 0 atom stereocenters. The van der Waals surface area contributed by atoms with Gasteiger partial charge in [0.25, 0.3) is 0 Å². The Morgan fingerprint density at radius 2 is 2.00 bits per heavy atom. The van der Waals surface area contributed by atoms with Crippen molar-refractivity contribution in [3.05, 3.63) is 34.8 Å². The van der Waals surface area contributed by atoms with Crippen molar-refractivity contribution in [1.82, 2.24) is 10.2 Å². The Hall–Kier alpha value is -1.95. The number of benzene rings is 1. The van der Waals surface area contributed by atoms with E-state index in [4.69, 9.17) is 4.74 Å². The summed E-state index contributed by atoms with van der Waals surface area (Å²) < 4.78 is 5.67. The van der Waals surface area contributed by atoms with Crippen LogP contribution in [0.1, 0.15) is 30.8 Å². The largest absolute Gasteiger partial charge is 0.493 e. The van der Waals surface area contributed by atoms with Crippen molar-refractivity contribution in [2.75, 3.05) is 11.9 Å². The predicted octanol–water partition coefficient (Wildman–Crippen LogP) is 3.07. The van der Waals surface area contributed by atoms with Gasteiger partial charge in [0.05, 0.1) is 6.61 Å². The Morgan fingerprint density at radius 1 is 1.24 bits per heavy atom. The molecular weight excluding hydrogens is 286 g/mol. The van der Waals surface area contributed by atoms with Gasteiger partial charge in [0.2, 0.25) is 11.0 Å². The minimum Gasteiger partial charge on any atom is -0.493 e. The number of hydrogen-bond acceptors (Lipinski definition) is 5. The Kier molecular flexibility index (Phi) is 5.68. The number of ether oxygens (including phenoxy) is 1. The van der Waals surface area contributed by atoms with E-state index in [1.807, 2.05) is 12.1 Å². The molecule has 0 spiro atoms. The SMILES string of the molecule is CCC(=O)Nc1nnc(CCOc2ccc(CC)cc2)s1. The van der Waals surface area contributed by atoms with Crippen molar-refractivity contribution in [2.45, 2.75) is 33.1 Å². The summed E-state index contributed by atoms with van der Waals surface area (Å²) in [4.78, 5) is 11.2. The first kappa shape index (κ1) is 15.4. The molecular formula is C15H19N3O2S. The summed E-state index contributed by atoms with van der Waals surface area (Å²) in [5, 5.41) is 12.1. The number of aryl methyl sites for hydroxylation is 1. The third-order valence-corrected chi connectivity index (χ3v) is 3.85. The predicted molar refractivity (Wildman–Crippen MR) is 83.8 cm³/mol. The average molecular weight is 305 g/mol. The van der Waals surface area contributed by atoms with Crippen LogP contribution in [0.3, 0.4) is 0 Å². The zero-order chi connectivity index (χ0) is 15.1. The number of aromatic nitrogens is 2. The number of amides is 1. The third kappa shape index (κ3) is 4.82. The third-order valence-electron chi connectivity index (χ3n) is 2.95. The van der Waals surface area contributed by atoms with Crippen molar-refractivity contribution < 1.29 is 9.53 Å². The Balaban J connectivity index is 1.79. The minimum absolute atomic E-state index is 0.0510. The lowest BCUT2D eigenvalue weighted by molar-refractivity contribution is -0.115. The molecule has 0 aliphatic heterocycles. The van der Waals surface area contributed by atoms with E-state index in [0.717, 1.165) is 17.2 Å². The van der Waals surface area contributed by atoms with Crippen molar-refractivity contribution >= 4 is 22.4 Å². The van der Waals surface area contributed by atoms with Gasteiger partial charge in [0, 0.05) is 12.8 Å². The number of nitrogens with zero attached hydrogens (tertiary/aromatic N) is 2. The van der Waals surface area contributed by atoms with E-state index in [1.54, 1.807) is 6.92 Å². The fraction of sp³-hybridized carbons (Fsp3) is 0.400. The molecule has 2 rings (SSSR count). The summed E-state index contributed by atoms with van der Waals surface area (Å²) >= 11 is 1.38. The molecule has 6 heteroatoms. The molecule has 0 aliphatic carbocycles. The number of carbonyl (C=O) groups is 1. The van der Waals surface area contributed by atoms with E-state index < -0.39 is 0 Å². The van der Waals surface area contributed by atoms with E-state index in [-0.39, 0.29) is 5.91 Å². The Morgan fingerprint density at radius 3 is 2.67 bits per heavy atom. The van der Waals surface area contributed by atoms with E-state index in [1.165, 1.54) is 16.9 Å². The highest BCUT2D eigenvalue weighted by molar-refractivity contribution is 7.15. The van der Waals surface area contributed by atoms with Crippen molar-refractivity contribution in [2.24, 2.45) is 0 Å². The van der Waals surface area contributed by atoms with Gasteiger partial charge >= 0.3 is 0 Å². The van der Waals surface area contributed by atoms with Gasteiger partial charge in [0.1, 0.15) is 10.8 Å². The van der Waals surface area contributed by atoms with E-state index in [9.17, 15) is 4.79 Å². The minimum atomic E-state index is -0.0510. The molecule has 0 aliphatic rings. The van der Waals surface area contributed by atoms with Gasteiger partial charge in [-0.15, -0.1) is 10.2 Å². The first-order valence-electron chi connectivity index (χ1n) is 7.05. The second-order valence-electron chi connectivity index (χ2n) is 4.50. The van der Waals surface area contributed by atoms with Crippen LogP contribution in [0.25, 0.3) is 0 Å². The Labute approximate surface area is 128 Å². The molecule has 0 saturated heterocycles. The van der Waals surface area contributed by atoms with Gasteiger partial charge < -0.3 is 10.1 Å². The molecule has 0 fully saturated rings. The van der Waals surface area contributed by atoms with Gasteiger partial charge in [-0.1, -0.05) is 37.3 Å². The molecule has 0 unspecified atom stereocenters. The quantitative estimate of drug-likeness (QED) is 0.854. The zero-order valence-electron chi connectivity index (χ0n) is 12.3. The number of carbonyl (C=O) groups excluding carboxylic acids is 1. The van der Waals surface area contributed by atoms with Gasteiger partial charge in [0.15, 0.2) is 0 Å². The first-order chi connectivity index (χ1) is 10.2. The summed E-state index contributed by atoms with van der Waals surface area (Å²) in [5.41, 5.74) is 1.29. The maximum Gasteiger partial charge on any atom is 0.225 e. The van der Waals surface area contributed by atoms with Crippen molar-refractivity contribution in [3.63, 3.8) is 0 Å². The lowest BCUT2D eigenvalue weighted by atomic mass is 10.2. The normalized spacial score (nSPS) is 10.4. The van der Waals surface area contributed by atoms with Gasteiger partial charge in [-0.05, 0) is 24.1 Å². The van der Waals surface area contributed by atoms with Crippen LogP contribution in [0.2, 0.25) is 0 Å². The molecule has 1 aromatic heterocycles. The van der Waals surface area contributed by atoms with E-state index in [0.29, 0.717) is 24.6 Å². The lowest BCUT2D eigenvalue weighted by Crippen LogP contribution is -2.08. The van der Waals surface area contributed by atoms with Crippen LogP contribution in [-0.2, 0) is 17.6 Å². The monoisotopic (exact) mass is 305 g/mol. The number of anilines is 1. The fourth-order valence-electron chi connectivity index (χ4n) is 1.69. The molecule has 2 aromatic rings. The van der Waals surface area contributed by atoms with E-state index in [2.05, 4.69) is 34.6 Å². The maximum atomic E-state index is 11.2. The van der Waals surface area contributed by atoms with Crippen LogP contribution in [0.4, 0.5) is 5.13 Å². The molecule has 5 nitrogen and oxygen atoms in total. The highest BCUT2D eigenvalue weighted by Crippen LogP contribution is 2.17. The molecule has 1 heterocycles. The molecule has 1 N–H and O–H groups in total. The van der Waals surface area contributed by atoms with Crippen LogP contribution < -0.4 is 10.1 Å². The number of hydrogen-bond donors (Lipinski definition) is 1. The van der Waals surface area contributed by atoms with Crippen LogP contribution in [0.5, 0.6) is 5.75 Å². The average Bonchev–Trinajstić information content (AvgIpc) is 2.95. The Bertz CT molecular complexity index is 581. The number of rotatable bonds is 7. The fourth-order valence-corrected chi connectivity index (χ4v) is 2.43. The lowest BCUT2D eigenvalue weighted by Gasteiger charge is -2.05.